The molecule has 29 heavy (non-hydrogen) atoms. The molecular weight excluding hydrogens is 442 g/mol. The van der Waals surface area contributed by atoms with Crippen molar-refractivity contribution in [2.24, 2.45) is 0 Å². The average molecular weight is 454 g/mol. The highest BCUT2D eigenvalue weighted by Crippen LogP contribution is 2.31. The van der Waals surface area contributed by atoms with E-state index >= 15 is 0 Å². The molecule has 8 nitrogen and oxygen atoms in total. The highest BCUT2D eigenvalue weighted by atomic mass is 79.9. The summed E-state index contributed by atoms with van der Waals surface area (Å²) in [6.45, 7) is 0. The van der Waals surface area contributed by atoms with Gasteiger partial charge in [0.05, 0.1) is 9.40 Å². The van der Waals surface area contributed by atoms with Gasteiger partial charge in [0, 0.05) is 28.9 Å². The summed E-state index contributed by atoms with van der Waals surface area (Å²) in [6.07, 6.45) is 0. The smallest absolute Gasteiger partial charge is 0.269 e. The Labute approximate surface area is 172 Å². The van der Waals surface area contributed by atoms with Gasteiger partial charge in [0.1, 0.15) is 11.3 Å². The zero-order valence-electron chi connectivity index (χ0n) is 14.6. The van der Waals surface area contributed by atoms with Crippen LogP contribution in [-0.4, -0.2) is 20.9 Å². The number of aromatic nitrogens is 1. The van der Waals surface area contributed by atoms with Gasteiger partial charge in [0.25, 0.3) is 11.6 Å². The number of carbonyl (C=O) groups is 1. The highest BCUT2D eigenvalue weighted by Gasteiger charge is 2.13. The number of rotatable bonds is 4. The highest BCUT2D eigenvalue weighted by molar-refractivity contribution is 9.10. The van der Waals surface area contributed by atoms with Crippen LogP contribution in [0, 0.1) is 10.1 Å². The number of phenols is 1. The van der Waals surface area contributed by atoms with Crippen molar-refractivity contribution in [1.82, 2.24) is 4.98 Å². The number of nitro groups is 1. The number of hydrogen-bond donors (Lipinski definition) is 2. The topological polar surface area (TPSA) is 118 Å². The van der Waals surface area contributed by atoms with Crippen LogP contribution in [-0.2, 0) is 0 Å². The minimum absolute atomic E-state index is 0.0843. The molecule has 0 saturated carbocycles. The number of phenolic OH excluding ortho intramolecular Hbond substituents is 1. The standard InChI is InChI=1S/C20H12BrN3O5/c21-15-9-12(3-7-17(15)25)20-23-16-10-13(4-8-18(16)29-20)22-19(26)11-1-5-14(6-2-11)24(27)28/h1-10,25H,(H,22,26). The molecule has 1 heterocycles. The molecule has 0 unspecified atom stereocenters. The maximum atomic E-state index is 12.4. The van der Waals surface area contributed by atoms with Gasteiger partial charge in [-0.15, -0.1) is 0 Å². The molecule has 0 spiro atoms. The molecule has 4 aromatic rings. The summed E-state index contributed by atoms with van der Waals surface area (Å²) < 4.78 is 6.26. The predicted octanol–water partition coefficient (Wildman–Crippen LogP) is 5.12. The van der Waals surface area contributed by atoms with Crippen molar-refractivity contribution < 1.29 is 19.2 Å². The monoisotopic (exact) mass is 453 g/mol. The number of carbonyl (C=O) groups excluding carboxylic acids is 1. The van der Waals surface area contributed by atoms with E-state index in [1.165, 1.54) is 30.3 Å². The third kappa shape index (κ3) is 3.81. The van der Waals surface area contributed by atoms with Gasteiger partial charge in [-0.1, -0.05) is 0 Å². The Morgan fingerprint density at radius 1 is 1.10 bits per heavy atom. The Morgan fingerprint density at radius 2 is 1.86 bits per heavy atom. The van der Waals surface area contributed by atoms with Crippen LogP contribution >= 0.6 is 15.9 Å². The number of fused-ring (bicyclic) bond motifs is 1. The van der Waals surface area contributed by atoms with Crippen LogP contribution in [0.15, 0.2) is 69.6 Å². The first-order valence-corrected chi connectivity index (χ1v) is 9.15. The van der Waals surface area contributed by atoms with E-state index in [0.717, 1.165) is 0 Å². The molecule has 0 radical (unpaired) electrons. The Kier molecular flexibility index (Phi) is 4.73. The van der Waals surface area contributed by atoms with Crippen molar-refractivity contribution in [2.45, 2.75) is 0 Å². The van der Waals surface area contributed by atoms with Crippen molar-refractivity contribution in [3.8, 4) is 17.2 Å². The van der Waals surface area contributed by atoms with E-state index in [2.05, 4.69) is 26.2 Å². The number of non-ortho nitro benzene ring substituents is 1. The fourth-order valence-electron chi connectivity index (χ4n) is 2.71. The SMILES string of the molecule is O=C(Nc1ccc2oc(-c3ccc(O)c(Br)c3)nc2c1)c1ccc([N+](=O)[O-])cc1. The molecular formula is C20H12BrN3O5. The first-order chi connectivity index (χ1) is 13.9. The molecule has 3 aromatic carbocycles. The van der Waals surface area contributed by atoms with Gasteiger partial charge < -0.3 is 14.8 Å². The van der Waals surface area contributed by atoms with E-state index in [9.17, 15) is 20.0 Å². The molecule has 0 saturated heterocycles. The van der Waals surface area contributed by atoms with Gasteiger partial charge in [0.15, 0.2) is 5.58 Å². The lowest BCUT2D eigenvalue weighted by Crippen LogP contribution is -2.11. The molecule has 1 amide bonds. The molecule has 0 bridgehead atoms. The molecule has 0 aliphatic heterocycles. The molecule has 0 fully saturated rings. The number of hydrogen-bond acceptors (Lipinski definition) is 6. The second-order valence-corrected chi connectivity index (χ2v) is 6.98. The van der Waals surface area contributed by atoms with E-state index in [1.54, 1.807) is 30.3 Å². The van der Waals surface area contributed by atoms with Crippen LogP contribution in [0.4, 0.5) is 11.4 Å². The van der Waals surface area contributed by atoms with Gasteiger partial charge >= 0.3 is 0 Å². The average Bonchev–Trinajstić information content (AvgIpc) is 3.13. The van der Waals surface area contributed by atoms with Crippen molar-refractivity contribution in [3.05, 3.63) is 80.8 Å². The van der Waals surface area contributed by atoms with Gasteiger partial charge in [-0.25, -0.2) is 4.98 Å². The largest absolute Gasteiger partial charge is 0.507 e. The zero-order valence-corrected chi connectivity index (χ0v) is 16.2. The zero-order chi connectivity index (χ0) is 20.5. The van der Waals surface area contributed by atoms with Gasteiger partial charge in [-0.3, -0.25) is 14.9 Å². The third-order valence-corrected chi connectivity index (χ3v) is 4.82. The van der Waals surface area contributed by atoms with Gasteiger partial charge in [-0.05, 0) is 64.5 Å². The first kappa shape index (κ1) is 18.6. The van der Waals surface area contributed by atoms with Crippen molar-refractivity contribution >= 4 is 44.3 Å². The van der Waals surface area contributed by atoms with E-state index in [-0.39, 0.29) is 11.4 Å². The van der Waals surface area contributed by atoms with E-state index in [0.29, 0.717) is 38.3 Å². The predicted molar refractivity (Wildman–Crippen MR) is 110 cm³/mol. The van der Waals surface area contributed by atoms with Gasteiger partial charge in [-0.2, -0.15) is 0 Å². The second kappa shape index (κ2) is 7.36. The lowest BCUT2D eigenvalue weighted by Gasteiger charge is -2.04. The second-order valence-electron chi connectivity index (χ2n) is 6.13. The van der Waals surface area contributed by atoms with E-state index < -0.39 is 10.8 Å². The fourth-order valence-corrected chi connectivity index (χ4v) is 3.09. The minimum atomic E-state index is -0.523. The summed E-state index contributed by atoms with van der Waals surface area (Å²) in [5.41, 5.74) is 2.49. The summed E-state index contributed by atoms with van der Waals surface area (Å²) in [5.74, 6) is 0.0890. The van der Waals surface area contributed by atoms with Crippen LogP contribution in [0.5, 0.6) is 5.75 Å². The summed E-state index contributed by atoms with van der Waals surface area (Å²) in [4.78, 5) is 27.0. The number of halogens is 1. The van der Waals surface area contributed by atoms with Crippen molar-refractivity contribution in [1.29, 1.82) is 0 Å². The van der Waals surface area contributed by atoms with Crippen molar-refractivity contribution in [3.63, 3.8) is 0 Å². The third-order valence-electron chi connectivity index (χ3n) is 4.18. The number of anilines is 1. The summed E-state index contributed by atoms with van der Waals surface area (Å²) in [5, 5.41) is 23.1. The molecule has 4 rings (SSSR count). The van der Waals surface area contributed by atoms with Crippen LogP contribution in [0.3, 0.4) is 0 Å². The molecule has 0 aliphatic carbocycles. The van der Waals surface area contributed by atoms with Crippen LogP contribution in [0.2, 0.25) is 0 Å². The quantitative estimate of drug-likeness (QED) is 0.326. The van der Waals surface area contributed by atoms with Crippen LogP contribution in [0.1, 0.15) is 10.4 Å². The Hall–Kier alpha value is -3.72. The number of oxazole rings is 1. The summed E-state index contributed by atoms with van der Waals surface area (Å²) in [6, 6.07) is 15.3. The lowest BCUT2D eigenvalue weighted by molar-refractivity contribution is -0.384. The minimum Gasteiger partial charge on any atom is -0.507 e. The number of nitrogens with one attached hydrogen (secondary N) is 1. The van der Waals surface area contributed by atoms with E-state index in [4.69, 9.17) is 4.42 Å². The molecule has 9 heteroatoms. The number of nitro benzene ring substituents is 1. The van der Waals surface area contributed by atoms with Crippen molar-refractivity contribution in [2.75, 3.05) is 5.32 Å². The summed E-state index contributed by atoms with van der Waals surface area (Å²) >= 11 is 3.26. The van der Waals surface area contributed by atoms with Crippen LogP contribution < -0.4 is 5.32 Å². The maximum absolute atomic E-state index is 12.4. The normalized spacial score (nSPS) is 10.8. The molecule has 0 aliphatic rings. The number of benzene rings is 3. The Balaban J connectivity index is 1.57. The number of nitrogens with zero attached hydrogens (tertiary/aromatic N) is 2. The van der Waals surface area contributed by atoms with Crippen LogP contribution in [0.25, 0.3) is 22.6 Å². The lowest BCUT2D eigenvalue weighted by atomic mass is 10.2. The summed E-state index contributed by atoms with van der Waals surface area (Å²) in [7, 11) is 0. The number of amides is 1. The van der Waals surface area contributed by atoms with Gasteiger partial charge in [0.2, 0.25) is 5.89 Å². The Bertz CT molecular complexity index is 1250. The molecule has 0 atom stereocenters. The number of aromatic hydroxyl groups is 1. The molecule has 2 N–H and O–H groups in total. The first-order valence-electron chi connectivity index (χ1n) is 8.36. The molecule has 144 valence electrons. The van der Waals surface area contributed by atoms with E-state index in [1.807, 2.05) is 0 Å². The maximum Gasteiger partial charge on any atom is 0.269 e. The Morgan fingerprint density at radius 3 is 2.55 bits per heavy atom. The fraction of sp³-hybridized carbons (Fsp3) is 0. The molecule has 1 aromatic heterocycles.